The average molecular weight is 221 g/mol. The van der Waals surface area contributed by atoms with Crippen molar-refractivity contribution in [1.82, 2.24) is 15.0 Å². The van der Waals surface area contributed by atoms with Gasteiger partial charge < -0.3 is 5.11 Å². The summed E-state index contributed by atoms with van der Waals surface area (Å²) in [5.74, 6) is 1.53. The first-order valence-electron chi connectivity index (χ1n) is 6.41. The van der Waals surface area contributed by atoms with Gasteiger partial charge in [0.1, 0.15) is 5.69 Å². The van der Waals surface area contributed by atoms with Crippen LogP contribution < -0.4 is 0 Å². The molecule has 0 radical (unpaired) electrons. The maximum Gasteiger partial charge on any atom is 0.112 e. The van der Waals surface area contributed by atoms with Crippen molar-refractivity contribution in [3.8, 4) is 0 Å². The van der Waals surface area contributed by atoms with Gasteiger partial charge in [0.15, 0.2) is 0 Å². The maximum atomic E-state index is 9.27. The van der Waals surface area contributed by atoms with Crippen molar-refractivity contribution in [2.75, 3.05) is 0 Å². The van der Waals surface area contributed by atoms with Gasteiger partial charge in [-0.3, -0.25) is 0 Å². The summed E-state index contributed by atoms with van der Waals surface area (Å²) in [4.78, 5) is 0. The molecule has 1 heterocycles. The summed E-state index contributed by atoms with van der Waals surface area (Å²) in [6, 6.07) is 0. The Balaban J connectivity index is 1.75. The van der Waals surface area contributed by atoms with Crippen LogP contribution in [0, 0.1) is 5.92 Å². The van der Waals surface area contributed by atoms with Crippen LogP contribution >= 0.6 is 0 Å². The number of aromatic nitrogens is 3. The van der Waals surface area contributed by atoms with E-state index in [1.54, 1.807) is 0 Å². The lowest BCUT2D eigenvalue weighted by Gasteiger charge is -2.26. The highest BCUT2D eigenvalue weighted by molar-refractivity contribution is 5.17. The van der Waals surface area contributed by atoms with E-state index in [9.17, 15) is 5.11 Å². The molecule has 2 aliphatic rings. The largest absolute Gasteiger partial charge is 0.390 e. The van der Waals surface area contributed by atoms with Gasteiger partial charge in [0.25, 0.3) is 0 Å². The Morgan fingerprint density at radius 1 is 1.25 bits per heavy atom. The molecule has 0 bridgehead atoms. The molecule has 0 atom stereocenters. The second kappa shape index (κ2) is 4.17. The standard InChI is InChI=1S/C12H19N3O/c16-8-11-12(10-2-1-3-10)15(14-13-11)7-6-9-4-5-9/h9-10,16H,1-8H2. The molecule has 0 aliphatic heterocycles. The molecule has 3 rings (SSSR count). The first-order valence-corrected chi connectivity index (χ1v) is 6.41. The fourth-order valence-corrected chi connectivity index (χ4v) is 2.47. The van der Waals surface area contributed by atoms with Crippen LogP contribution in [0.4, 0.5) is 0 Å². The van der Waals surface area contributed by atoms with E-state index in [-0.39, 0.29) is 6.61 Å². The van der Waals surface area contributed by atoms with Gasteiger partial charge in [-0.15, -0.1) is 5.10 Å². The Kier molecular flexibility index (Phi) is 2.67. The number of hydrogen-bond donors (Lipinski definition) is 1. The summed E-state index contributed by atoms with van der Waals surface area (Å²) in [7, 11) is 0. The van der Waals surface area contributed by atoms with Gasteiger partial charge in [-0.2, -0.15) is 0 Å². The van der Waals surface area contributed by atoms with E-state index in [1.165, 1.54) is 44.2 Å². The molecule has 1 N–H and O–H groups in total. The van der Waals surface area contributed by atoms with Crippen molar-refractivity contribution >= 4 is 0 Å². The van der Waals surface area contributed by atoms with E-state index in [4.69, 9.17) is 0 Å². The van der Waals surface area contributed by atoms with Crippen molar-refractivity contribution in [1.29, 1.82) is 0 Å². The molecule has 2 aliphatic carbocycles. The number of aliphatic hydroxyl groups excluding tert-OH is 1. The summed E-state index contributed by atoms with van der Waals surface area (Å²) >= 11 is 0. The zero-order valence-corrected chi connectivity index (χ0v) is 9.60. The molecule has 2 fully saturated rings. The number of rotatable bonds is 5. The summed E-state index contributed by atoms with van der Waals surface area (Å²) < 4.78 is 2.05. The van der Waals surface area contributed by atoms with Crippen molar-refractivity contribution < 1.29 is 5.11 Å². The first kappa shape index (κ1) is 10.3. The summed E-state index contributed by atoms with van der Waals surface area (Å²) in [6.45, 7) is 1.03. The van der Waals surface area contributed by atoms with E-state index in [2.05, 4.69) is 10.3 Å². The lowest BCUT2D eigenvalue weighted by atomic mass is 9.82. The van der Waals surface area contributed by atoms with Gasteiger partial charge in [-0.1, -0.05) is 24.5 Å². The predicted molar refractivity (Wildman–Crippen MR) is 59.9 cm³/mol. The average Bonchev–Trinajstić information content (AvgIpc) is 2.96. The van der Waals surface area contributed by atoms with Gasteiger partial charge in [-0.05, 0) is 25.2 Å². The first-order chi connectivity index (χ1) is 7.88. The van der Waals surface area contributed by atoms with Crippen LogP contribution in [-0.2, 0) is 13.2 Å². The van der Waals surface area contributed by atoms with Crippen molar-refractivity contribution in [3.63, 3.8) is 0 Å². The Hall–Kier alpha value is -0.900. The minimum atomic E-state index is 0.0370. The van der Waals surface area contributed by atoms with Gasteiger partial charge in [0.05, 0.1) is 12.3 Å². The topological polar surface area (TPSA) is 50.9 Å². The van der Waals surface area contributed by atoms with Crippen LogP contribution in [0.15, 0.2) is 0 Å². The predicted octanol–water partition coefficient (Wildman–Crippen LogP) is 1.84. The van der Waals surface area contributed by atoms with Crippen LogP contribution in [-0.4, -0.2) is 20.1 Å². The molecular formula is C12H19N3O. The third-order valence-electron chi connectivity index (χ3n) is 3.93. The number of aryl methyl sites for hydroxylation is 1. The highest BCUT2D eigenvalue weighted by Crippen LogP contribution is 2.38. The molecule has 4 nitrogen and oxygen atoms in total. The molecule has 4 heteroatoms. The minimum Gasteiger partial charge on any atom is -0.390 e. The molecule has 1 aromatic heterocycles. The summed E-state index contributed by atoms with van der Waals surface area (Å²) in [6.07, 6.45) is 7.80. The van der Waals surface area contributed by atoms with Crippen LogP contribution in [0.3, 0.4) is 0 Å². The van der Waals surface area contributed by atoms with E-state index >= 15 is 0 Å². The van der Waals surface area contributed by atoms with Gasteiger partial charge in [-0.25, -0.2) is 4.68 Å². The highest BCUT2D eigenvalue weighted by Gasteiger charge is 2.28. The van der Waals surface area contributed by atoms with Gasteiger partial charge in [0.2, 0.25) is 0 Å². The van der Waals surface area contributed by atoms with E-state index in [0.29, 0.717) is 5.92 Å². The van der Waals surface area contributed by atoms with Crippen molar-refractivity contribution in [3.05, 3.63) is 11.4 Å². The lowest BCUT2D eigenvalue weighted by molar-refractivity contribution is 0.271. The second-order valence-electron chi connectivity index (χ2n) is 5.16. The second-order valence-corrected chi connectivity index (χ2v) is 5.16. The molecule has 2 saturated carbocycles. The fourth-order valence-electron chi connectivity index (χ4n) is 2.47. The Morgan fingerprint density at radius 2 is 2.06 bits per heavy atom. The number of aliphatic hydroxyl groups is 1. The van der Waals surface area contributed by atoms with Crippen LogP contribution in [0.5, 0.6) is 0 Å². The molecule has 0 unspecified atom stereocenters. The summed E-state index contributed by atoms with van der Waals surface area (Å²) in [5.41, 5.74) is 2.02. The smallest absolute Gasteiger partial charge is 0.112 e. The van der Waals surface area contributed by atoms with Crippen LogP contribution in [0.2, 0.25) is 0 Å². The molecular weight excluding hydrogens is 202 g/mol. The lowest BCUT2D eigenvalue weighted by Crippen LogP contribution is -2.17. The zero-order chi connectivity index (χ0) is 11.0. The molecule has 16 heavy (non-hydrogen) atoms. The molecule has 1 aromatic rings. The monoisotopic (exact) mass is 221 g/mol. The van der Waals surface area contributed by atoms with Crippen molar-refractivity contribution in [2.45, 2.75) is 57.6 Å². The Bertz CT molecular complexity index is 366. The quantitative estimate of drug-likeness (QED) is 0.825. The summed E-state index contributed by atoms with van der Waals surface area (Å²) in [5, 5.41) is 17.6. The van der Waals surface area contributed by atoms with E-state index < -0.39 is 0 Å². The van der Waals surface area contributed by atoms with Crippen molar-refractivity contribution in [2.24, 2.45) is 5.92 Å². The molecule has 88 valence electrons. The Morgan fingerprint density at radius 3 is 2.62 bits per heavy atom. The van der Waals surface area contributed by atoms with E-state index in [0.717, 1.165) is 18.2 Å². The van der Waals surface area contributed by atoms with Gasteiger partial charge in [0, 0.05) is 12.5 Å². The fraction of sp³-hybridized carbons (Fsp3) is 0.833. The number of hydrogen-bond acceptors (Lipinski definition) is 3. The maximum absolute atomic E-state index is 9.27. The molecule has 0 saturated heterocycles. The van der Waals surface area contributed by atoms with Gasteiger partial charge >= 0.3 is 0 Å². The van der Waals surface area contributed by atoms with Crippen LogP contribution in [0.25, 0.3) is 0 Å². The zero-order valence-electron chi connectivity index (χ0n) is 9.60. The van der Waals surface area contributed by atoms with Crippen LogP contribution in [0.1, 0.15) is 55.8 Å². The Labute approximate surface area is 95.7 Å². The SMILES string of the molecule is OCc1nnn(CCC2CC2)c1C1CCC1. The molecule has 0 spiro atoms. The highest BCUT2D eigenvalue weighted by atomic mass is 16.3. The number of nitrogens with zero attached hydrogens (tertiary/aromatic N) is 3. The molecule has 0 amide bonds. The third-order valence-corrected chi connectivity index (χ3v) is 3.93. The minimum absolute atomic E-state index is 0.0370. The third kappa shape index (κ3) is 1.86. The molecule has 0 aromatic carbocycles. The normalized spacial score (nSPS) is 21.1. The van der Waals surface area contributed by atoms with E-state index in [1.807, 2.05) is 4.68 Å².